The van der Waals surface area contributed by atoms with Crippen molar-refractivity contribution in [3.05, 3.63) is 51.1 Å². The molecule has 2 N–H and O–H groups in total. The van der Waals surface area contributed by atoms with E-state index in [4.69, 9.17) is 5.73 Å². The van der Waals surface area contributed by atoms with Gasteiger partial charge in [0.05, 0.1) is 0 Å². The monoisotopic (exact) mass is 337 g/mol. The van der Waals surface area contributed by atoms with Crippen LogP contribution in [-0.2, 0) is 6.42 Å². The molecule has 0 spiro atoms. The zero-order chi connectivity index (χ0) is 12.4. The maximum absolute atomic E-state index is 6.09. The zero-order valence-electron chi connectivity index (χ0n) is 10.1. The lowest BCUT2D eigenvalue weighted by molar-refractivity contribution is 1.14. The smallest absolute Gasteiger partial charge is 0.0352 e. The number of halogens is 1. The molecule has 1 nitrogen and oxygen atoms in total. The minimum absolute atomic E-state index is 0.896. The first-order valence-corrected chi connectivity index (χ1v) is 6.86. The lowest BCUT2D eigenvalue weighted by atomic mass is 9.92. The van der Waals surface area contributed by atoms with Gasteiger partial charge in [0.15, 0.2) is 0 Å². The fourth-order valence-electron chi connectivity index (χ4n) is 2.20. The van der Waals surface area contributed by atoms with E-state index in [0.29, 0.717) is 0 Å². The lowest BCUT2D eigenvalue weighted by Gasteiger charge is -2.15. The highest BCUT2D eigenvalue weighted by atomic mass is 127. The third kappa shape index (κ3) is 2.32. The number of hydrogen-bond acceptors (Lipinski definition) is 1. The maximum Gasteiger partial charge on any atom is 0.0352 e. The number of anilines is 1. The second kappa shape index (κ2) is 5.08. The van der Waals surface area contributed by atoms with Gasteiger partial charge in [-0.25, -0.2) is 0 Å². The van der Waals surface area contributed by atoms with Crippen molar-refractivity contribution in [3.63, 3.8) is 0 Å². The summed E-state index contributed by atoms with van der Waals surface area (Å²) in [6, 6.07) is 12.6. The summed E-state index contributed by atoms with van der Waals surface area (Å²) in [5.41, 5.74) is 12.1. The highest BCUT2D eigenvalue weighted by Gasteiger charge is 2.12. The largest absolute Gasteiger partial charge is 0.398 e. The predicted octanol–water partition coefficient (Wildman–Crippen LogP) is 4.41. The molecule has 88 valence electrons. The molecular formula is C15H16IN. The van der Waals surface area contributed by atoms with Crippen LogP contribution in [0.5, 0.6) is 0 Å². The van der Waals surface area contributed by atoms with Crippen molar-refractivity contribution >= 4 is 28.3 Å². The highest BCUT2D eigenvalue weighted by molar-refractivity contribution is 14.1. The number of rotatable bonds is 2. The van der Waals surface area contributed by atoms with Gasteiger partial charge >= 0.3 is 0 Å². The Hall–Kier alpha value is -1.03. The van der Waals surface area contributed by atoms with Crippen LogP contribution >= 0.6 is 22.6 Å². The SMILES string of the molecule is CCc1c(N)ccc(C)c1-c1ccccc1I. The molecule has 2 aromatic rings. The van der Waals surface area contributed by atoms with Crippen LogP contribution in [0.1, 0.15) is 18.1 Å². The van der Waals surface area contributed by atoms with Crippen molar-refractivity contribution in [2.45, 2.75) is 20.3 Å². The van der Waals surface area contributed by atoms with Gasteiger partial charge in [0.1, 0.15) is 0 Å². The van der Waals surface area contributed by atoms with Crippen molar-refractivity contribution in [1.82, 2.24) is 0 Å². The molecule has 2 rings (SSSR count). The zero-order valence-corrected chi connectivity index (χ0v) is 12.3. The van der Waals surface area contributed by atoms with Crippen molar-refractivity contribution in [2.75, 3.05) is 5.73 Å². The van der Waals surface area contributed by atoms with Gasteiger partial charge in [-0.2, -0.15) is 0 Å². The number of hydrogen-bond donors (Lipinski definition) is 1. The molecule has 0 unspecified atom stereocenters. The van der Waals surface area contributed by atoms with Gasteiger partial charge in [0.2, 0.25) is 0 Å². The fraction of sp³-hybridized carbons (Fsp3) is 0.200. The topological polar surface area (TPSA) is 26.0 Å². The van der Waals surface area contributed by atoms with Crippen molar-refractivity contribution in [1.29, 1.82) is 0 Å². The van der Waals surface area contributed by atoms with Gasteiger partial charge in [-0.15, -0.1) is 0 Å². The molecule has 0 aliphatic carbocycles. The standard InChI is InChI=1S/C15H16IN/c1-3-11-14(17)9-8-10(2)15(11)12-6-4-5-7-13(12)16/h4-9H,3,17H2,1-2H3. The summed E-state index contributed by atoms with van der Waals surface area (Å²) in [5, 5.41) is 0. The predicted molar refractivity (Wildman–Crippen MR) is 83.1 cm³/mol. The Balaban J connectivity index is 2.75. The average Bonchev–Trinajstić information content (AvgIpc) is 2.33. The number of nitrogen functional groups attached to an aromatic ring is 1. The summed E-state index contributed by atoms with van der Waals surface area (Å²) in [4.78, 5) is 0. The molecular weight excluding hydrogens is 321 g/mol. The van der Waals surface area contributed by atoms with Crippen molar-refractivity contribution in [2.24, 2.45) is 0 Å². The Morgan fingerprint density at radius 3 is 2.47 bits per heavy atom. The van der Waals surface area contributed by atoms with Crippen LogP contribution in [0.15, 0.2) is 36.4 Å². The third-order valence-electron chi connectivity index (χ3n) is 3.05. The summed E-state index contributed by atoms with van der Waals surface area (Å²) in [6.07, 6.45) is 0.966. The van der Waals surface area contributed by atoms with E-state index in [1.54, 1.807) is 0 Å². The molecule has 2 aromatic carbocycles. The lowest BCUT2D eigenvalue weighted by Crippen LogP contribution is -1.99. The molecule has 0 atom stereocenters. The Labute approximate surface area is 116 Å². The first kappa shape index (κ1) is 12.4. The van der Waals surface area contributed by atoms with E-state index >= 15 is 0 Å². The van der Waals surface area contributed by atoms with E-state index in [1.807, 2.05) is 6.07 Å². The van der Waals surface area contributed by atoms with Crippen LogP contribution in [0.4, 0.5) is 5.69 Å². The quantitative estimate of drug-likeness (QED) is 0.637. The maximum atomic E-state index is 6.09. The highest BCUT2D eigenvalue weighted by Crippen LogP contribution is 2.34. The van der Waals surface area contributed by atoms with Crippen LogP contribution in [0.3, 0.4) is 0 Å². The van der Waals surface area contributed by atoms with Gasteiger partial charge in [-0.05, 0) is 70.3 Å². The number of aryl methyl sites for hydroxylation is 1. The van der Waals surface area contributed by atoms with E-state index in [2.05, 4.69) is 66.8 Å². The van der Waals surface area contributed by atoms with Crippen molar-refractivity contribution in [3.8, 4) is 11.1 Å². The van der Waals surface area contributed by atoms with Gasteiger partial charge < -0.3 is 5.73 Å². The molecule has 0 fully saturated rings. The summed E-state index contributed by atoms with van der Waals surface area (Å²) in [6.45, 7) is 4.31. The minimum Gasteiger partial charge on any atom is -0.398 e. The molecule has 0 saturated carbocycles. The molecule has 0 aliphatic heterocycles. The summed E-state index contributed by atoms with van der Waals surface area (Å²) in [5.74, 6) is 0. The Kier molecular flexibility index (Phi) is 3.72. The molecule has 0 aromatic heterocycles. The molecule has 0 heterocycles. The minimum atomic E-state index is 0.896. The normalized spacial score (nSPS) is 10.5. The second-order valence-corrected chi connectivity index (χ2v) is 5.32. The van der Waals surface area contributed by atoms with Crippen LogP contribution in [0.25, 0.3) is 11.1 Å². The van der Waals surface area contributed by atoms with E-state index < -0.39 is 0 Å². The Morgan fingerprint density at radius 1 is 1.12 bits per heavy atom. The second-order valence-electron chi connectivity index (χ2n) is 4.16. The molecule has 17 heavy (non-hydrogen) atoms. The number of benzene rings is 2. The summed E-state index contributed by atoms with van der Waals surface area (Å²) >= 11 is 2.38. The average molecular weight is 337 g/mol. The van der Waals surface area contributed by atoms with Gasteiger partial charge in [-0.1, -0.05) is 31.2 Å². The van der Waals surface area contributed by atoms with E-state index in [0.717, 1.165) is 12.1 Å². The molecule has 0 radical (unpaired) electrons. The van der Waals surface area contributed by atoms with Gasteiger partial charge in [0, 0.05) is 9.26 Å². The molecule has 0 aliphatic rings. The fourth-order valence-corrected chi connectivity index (χ4v) is 2.86. The van der Waals surface area contributed by atoms with Crippen molar-refractivity contribution < 1.29 is 0 Å². The summed E-state index contributed by atoms with van der Waals surface area (Å²) < 4.78 is 1.27. The molecule has 0 saturated heterocycles. The summed E-state index contributed by atoms with van der Waals surface area (Å²) in [7, 11) is 0. The molecule has 0 bridgehead atoms. The molecule has 2 heteroatoms. The van der Waals surface area contributed by atoms with Gasteiger partial charge in [0.25, 0.3) is 0 Å². The Morgan fingerprint density at radius 2 is 1.82 bits per heavy atom. The van der Waals surface area contributed by atoms with E-state index in [-0.39, 0.29) is 0 Å². The number of nitrogens with two attached hydrogens (primary N) is 1. The Bertz CT molecular complexity index is 547. The van der Waals surface area contributed by atoms with E-state index in [9.17, 15) is 0 Å². The first-order chi connectivity index (χ1) is 8.15. The van der Waals surface area contributed by atoms with E-state index in [1.165, 1.54) is 25.8 Å². The van der Waals surface area contributed by atoms with Crippen LogP contribution < -0.4 is 5.73 Å². The van der Waals surface area contributed by atoms with Crippen LogP contribution in [0.2, 0.25) is 0 Å². The molecule has 0 amide bonds. The van der Waals surface area contributed by atoms with Crippen LogP contribution in [-0.4, -0.2) is 0 Å². The third-order valence-corrected chi connectivity index (χ3v) is 3.99. The van der Waals surface area contributed by atoms with Crippen LogP contribution in [0, 0.1) is 10.5 Å². The van der Waals surface area contributed by atoms with Gasteiger partial charge in [-0.3, -0.25) is 0 Å². The first-order valence-electron chi connectivity index (χ1n) is 5.78.